The van der Waals surface area contributed by atoms with Crippen LogP contribution in [0, 0.1) is 0 Å². The van der Waals surface area contributed by atoms with Crippen LogP contribution in [0.4, 0.5) is 5.69 Å². The van der Waals surface area contributed by atoms with E-state index >= 15 is 0 Å². The lowest BCUT2D eigenvalue weighted by atomic mass is 10.2. The van der Waals surface area contributed by atoms with Crippen LogP contribution in [0.3, 0.4) is 0 Å². The Kier molecular flexibility index (Phi) is 7.57. The molecule has 0 bridgehead atoms. The zero-order chi connectivity index (χ0) is 21.5. The van der Waals surface area contributed by atoms with E-state index in [9.17, 15) is 9.59 Å². The van der Waals surface area contributed by atoms with Crippen molar-refractivity contribution in [1.82, 2.24) is 10.2 Å². The van der Waals surface area contributed by atoms with Crippen LogP contribution in [0.25, 0.3) is 0 Å². The molecule has 30 heavy (non-hydrogen) atoms. The maximum atomic E-state index is 12.5. The van der Waals surface area contributed by atoms with Crippen molar-refractivity contribution in [2.75, 3.05) is 51.8 Å². The summed E-state index contributed by atoms with van der Waals surface area (Å²) in [5.74, 6) is 0.786. The molecule has 0 unspecified atom stereocenters. The van der Waals surface area contributed by atoms with Crippen LogP contribution in [0.2, 0.25) is 0 Å². The van der Waals surface area contributed by atoms with Crippen molar-refractivity contribution in [2.24, 2.45) is 0 Å². The number of benzene rings is 2. The number of carbonyl (C=O) groups excluding carboxylic acids is 2. The summed E-state index contributed by atoms with van der Waals surface area (Å²) < 4.78 is 11.2. The Morgan fingerprint density at radius 2 is 1.60 bits per heavy atom. The molecular formula is C22H26BrN3O4. The van der Waals surface area contributed by atoms with Crippen molar-refractivity contribution in [1.29, 1.82) is 0 Å². The fraction of sp³-hybridized carbons (Fsp3) is 0.364. The second-order valence-electron chi connectivity index (χ2n) is 6.90. The van der Waals surface area contributed by atoms with Crippen LogP contribution in [0.5, 0.6) is 11.5 Å². The molecule has 8 heteroatoms. The molecule has 160 valence electrons. The first-order valence-corrected chi connectivity index (χ1v) is 10.6. The van der Waals surface area contributed by atoms with Crippen LogP contribution in [0.1, 0.15) is 16.8 Å². The Balaban J connectivity index is 1.47. The van der Waals surface area contributed by atoms with Gasteiger partial charge in [0, 0.05) is 50.4 Å². The van der Waals surface area contributed by atoms with E-state index in [0.717, 1.165) is 13.1 Å². The molecule has 2 amide bonds. The van der Waals surface area contributed by atoms with E-state index in [1.54, 1.807) is 12.1 Å². The average Bonchev–Trinajstić information content (AvgIpc) is 2.79. The highest BCUT2D eigenvalue weighted by atomic mass is 79.9. The Bertz CT molecular complexity index is 858. The summed E-state index contributed by atoms with van der Waals surface area (Å²) in [4.78, 5) is 29.1. The number of methoxy groups -OCH3 is 2. The number of para-hydroxylation sites is 1. The second kappa shape index (κ2) is 10.3. The van der Waals surface area contributed by atoms with Crippen molar-refractivity contribution < 1.29 is 19.1 Å². The standard InChI is InChI=1S/C22H26BrN3O4/c1-29-18-14-16(15-19(30-2)21(18)23)22(28)24-9-8-20(27)26-12-10-25(11-13-26)17-6-4-3-5-7-17/h3-7,14-15H,8-13H2,1-2H3,(H,24,28). The summed E-state index contributed by atoms with van der Waals surface area (Å²) in [6.45, 7) is 3.25. The highest BCUT2D eigenvalue weighted by Crippen LogP contribution is 2.35. The van der Waals surface area contributed by atoms with E-state index in [-0.39, 0.29) is 24.8 Å². The molecule has 0 atom stereocenters. The minimum atomic E-state index is -0.277. The van der Waals surface area contributed by atoms with Crippen molar-refractivity contribution >= 4 is 33.4 Å². The molecule has 7 nitrogen and oxygen atoms in total. The molecule has 0 aliphatic carbocycles. The van der Waals surface area contributed by atoms with E-state index in [2.05, 4.69) is 38.3 Å². The van der Waals surface area contributed by atoms with Crippen LogP contribution in [0.15, 0.2) is 46.9 Å². The molecule has 2 aromatic rings. The molecule has 3 rings (SSSR count). The summed E-state index contributed by atoms with van der Waals surface area (Å²) >= 11 is 3.38. The van der Waals surface area contributed by atoms with E-state index in [4.69, 9.17) is 9.47 Å². The van der Waals surface area contributed by atoms with Gasteiger partial charge < -0.3 is 24.6 Å². The molecule has 1 heterocycles. The second-order valence-corrected chi connectivity index (χ2v) is 7.70. The monoisotopic (exact) mass is 475 g/mol. The topological polar surface area (TPSA) is 71.1 Å². The Morgan fingerprint density at radius 3 is 2.17 bits per heavy atom. The maximum Gasteiger partial charge on any atom is 0.251 e. The number of amides is 2. The zero-order valence-electron chi connectivity index (χ0n) is 17.2. The summed E-state index contributed by atoms with van der Waals surface area (Å²) in [6.07, 6.45) is 0.266. The van der Waals surface area contributed by atoms with Gasteiger partial charge in [-0.3, -0.25) is 9.59 Å². The highest BCUT2D eigenvalue weighted by Gasteiger charge is 2.21. The molecule has 0 saturated carbocycles. The molecule has 0 aromatic heterocycles. The Morgan fingerprint density at radius 1 is 1.00 bits per heavy atom. The Hall–Kier alpha value is -2.74. The number of carbonyl (C=O) groups is 2. The molecule has 0 radical (unpaired) electrons. The summed E-state index contributed by atoms with van der Waals surface area (Å²) in [5.41, 5.74) is 1.59. The number of nitrogens with zero attached hydrogens (tertiary/aromatic N) is 2. The van der Waals surface area contributed by atoms with E-state index in [0.29, 0.717) is 34.6 Å². The summed E-state index contributed by atoms with van der Waals surface area (Å²) in [6, 6.07) is 13.5. The number of rotatable bonds is 7. The molecule has 1 fully saturated rings. The average molecular weight is 476 g/mol. The molecule has 1 saturated heterocycles. The first-order chi connectivity index (χ1) is 14.5. The predicted octanol–water partition coefficient (Wildman–Crippen LogP) is 2.94. The number of ether oxygens (including phenoxy) is 2. The third kappa shape index (κ3) is 5.24. The van der Waals surface area contributed by atoms with Gasteiger partial charge in [-0.25, -0.2) is 0 Å². The lowest BCUT2D eigenvalue weighted by Crippen LogP contribution is -2.49. The van der Waals surface area contributed by atoms with Gasteiger partial charge in [-0.2, -0.15) is 0 Å². The highest BCUT2D eigenvalue weighted by molar-refractivity contribution is 9.10. The third-order valence-corrected chi connectivity index (χ3v) is 5.87. The molecule has 2 aromatic carbocycles. The normalized spacial score (nSPS) is 13.7. The lowest BCUT2D eigenvalue weighted by Gasteiger charge is -2.36. The zero-order valence-corrected chi connectivity index (χ0v) is 18.8. The minimum absolute atomic E-state index is 0.0500. The van der Waals surface area contributed by atoms with Gasteiger partial charge >= 0.3 is 0 Å². The van der Waals surface area contributed by atoms with Crippen molar-refractivity contribution in [3.8, 4) is 11.5 Å². The predicted molar refractivity (Wildman–Crippen MR) is 119 cm³/mol. The van der Waals surface area contributed by atoms with Crippen molar-refractivity contribution in [2.45, 2.75) is 6.42 Å². The van der Waals surface area contributed by atoms with Gasteiger partial charge in [0.15, 0.2) is 0 Å². The molecule has 0 spiro atoms. The van der Waals surface area contributed by atoms with E-state index in [1.165, 1.54) is 19.9 Å². The van der Waals surface area contributed by atoms with Crippen molar-refractivity contribution in [3.05, 3.63) is 52.5 Å². The number of piperazine rings is 1. The van der Waals surface area contributed by atoms with Crippen LogP contribution < -0.4 is 19.7 Å². The lowest BCUT2D eigenvalue weighted by molar-refractivity contribution is -0.131. The third-order valence-electron chi connectivity index (χ3n) is 5.09. The van der Waals surface area contributed by atoms with Gasteiger partial charge in [0.05, 0.1) is 14.2 Å². The van der Waals surface area contributed by atoms with E-state index in [1.807, 2.05) is 23.1 Å². The van der Waals surface area contributed by atoms with E-state index < -0.39 is 0 Å². The largest absolute Gasteiger partial charge is 0.495 e. The molecule has 1 N–H and O–H groups in total. The van der Waals surface area contributed by atoms with Gasteiger partial charge in [-0.05, 0) is 40.2 Å². The first kappa shape index (κ1) is 22.0. The maximum absolute atomic E-state index is 12.5. The number of hydrogen-bond acceptors (Lipinski definition) is 5. The number of anilines is 1. The number of hydrogen-bond donors (Lipinski definition) is 1. The van der Waals surface area contributed by atoms with Crippen LogP contribution in [-0.2, 0) is 4.79 Å². The number of halogens is 1. The van der Waals surface area contributed by atoms with Gasteiger partial charge in [-0.1, -0.05) is 18.2 Å². The SMILES string of the molecule is COc1cc(C(=O)NCCC(=O)N2CCN(c3ccccc3)CC2)cc(OC)c1Br. The fourth-order valence-corrected chi connectivity index (χ4v) is 3.95. The fourth-order valence-electron chi connectivity index (χ4n) is 3.40. The minimum Gasteiger partial charge on any atom is -0.495 e. The number of nitrogens with one attached hydrogen (secondary N) is 1. The van der Waals surface area contributed by atoms with Crippen LogP contribution >= 0.6 is 15.9 Å². The quantitative estimate of drug-likeness (QED) is 0.666. The first-order valence-electron chi connectivity index (χ1n) is 9.81. The summed E-state index contributed by atoms with van der Waals surface area (Å²) in [5, 5.41) is 2.80. The summed E-state index contributed by atoms with van der Waals surface area (Å²) in [7, 11) is 3.05. The van der Waals surface area contributed by atoms with Gasteiger partial charge in [0.1, 0.15) is 16.0 Å². The molecule has 1 aliphatic heterocycles. The van der Waals surface area contributed by atoms with Crippen molar-refractivity contribution in [3.63, 3.8) is 0 Å². The van der Waals surface area contributed by atoms with Gasteiger partial charge in [-0.15, -0.1) is 0 Å². The van der Waals surface area contributed by atoms with Gasteiger partial charge in [0.25, 0.3) is 5.91 Å². The van der Waals surface area contributed by atoms with Crippen LogP contribution in [-0.4, -0.2) is 63.7 Å². The molecule has 1 aliphatic rings. The smallest absolute Gasteiger partial charge is 0.251 e. The van der Waals surface area contributed by atoms with Gasteiger partial charge in [0.2, 0.25) is 5.91 Å². The molecular weight excluding hydrogens is 450 g/mol. The Labute approximate surface area is 185 Å².